The molecule has 0 amide bonds. The molecule has 0 saturated carbocycles. The Bertz CT molecular complexity index is 1200. The van der Waals surface area contributed by atoms with Crippen LogP contribution in [0.3, 0.4) is 0 Å². The zero-order valence-corrected chi connectivity index (χ0v) is 17.8. The van der Waals surface area contributed by atoms with Gasteiger partial charge < -0.3 is 15.4 Å². The lowest BCUT2D eigenvalue weighted by Gasteiger charge is -2.12. The lowest BCUT2D eigenvalue weighted by Crippen LogP contribution is -2.11. The number of benzene rings is 1. The van der Waals surface area contributed by atoms with E-state index in [1.165, 1.54) is 10.4 Å². The second kappa shape index (κ2) is 8.01. The van der Waals surface area contributed by atoms with Crippen molar-refractivity contribution in [3.05, 3.63) is 64.6 Å². The predicted octanol–water partition coefficient (Wildman–Crippen LogP) is 5.27. The molecule has 30 heavy (non-hydrogen) atoms. The van der Waals surface area contributed by atoms with E-state index in [1.807, 2.05) is 38.1 Å². The van der Waals surface area contributed by atoms with E-state index in [-0.39, 0.29) is 0 Å². The van der Waals surface area contributed by atoms with E-state index in [2.05, 4.69) is 31.7 Å². The van der Waals surface area contributed by atoms with Gasteiger partial charge in [-0.25, -0.2) is 9.97 Å². The molecular formula is C23H23N5OS. The van der Waals surface area contributed by atoms with Crippen LogP contribution < -0.4 is 15.4 Å². The maximum absolute atomic E-state index is 5.99. The van der Waals surface area contributed by atoms with Gasteiger partial charge in [0.25, 0.3) is 0 Å². The third kappa shape index (κ3) is 3.74. The minimum atomic E-state index is 0.733. The summed E-state index contributed by atoms with van der Waals surface area (Å²) in [7, 11) is 0. The number of fused-ring (bicyclic) bond motifs is 3. The van der Waals surface area contributed by atoms with Crippen molar-refractivity contribution in [3.63, 3.8) is 0 Å². The molecule has 4 aromatic rings. The molecule has 0 saturated heterocycles. The zero-order chi connectivity index (χ0) is 20.5. The summed E-state index contributed by atoms with van der Waals surface area (Å²) in [5, 5.41) is 8.16. The van der Waals surface area contributed by atoms with Gasteiger partial charge in [0, 0.05) is 22.8 Å². The Balaban J connectivity index is 1.43. The molecule has 0 bridgehead atoms. The molecule has 1 aromatic carbocycles. The number of aromatic nitrogens is 3. The van der Waals surface area contributed by atoms with Crippen LogP contribution >= 0.6 is 11.3 Å². The highest BCUT2D eigenvalue weighted by Gasteiger charge is 2.19. The van der Waals surface area contributed by atoms with Crippen molar-refractivity contribution in [2.75, 3.05) is 11.9 Å². The molecule has 0 fully saturated rings. The molecule has 0 unspecified atom stereocenters. The molecule has 0 spiro atoms. The van der Waals surface area contributed by atoms with E-state index in [9.17, 15) is 0 Å². The Morgan fingerprint density at radius 3 is 2.87 bits per heavy atom. The molecule has 2 N–H and O–H groups in total. The second-order valence-electron chi connectivity index (χ2n) is 7.53. The van der Waals surface area contributed by atoms with E-state index in [0.29, 0.717) is 0 Å². The van der Waals surface area contributed by atoms with Crippen LogP contribution in [0.2, 0.25) is 0 Å². The largest absolute Gasteiger partial charge is 0.455 e. The quantitative estimate of drug-likeness (QED) is 0.471. The predicted molar refractivity (Wildman–Crippen MR) is 121 cm³/mol. The minimum absolute atomic E-state index is 0.733. The summed E-state index contributed by atoms with van der Waals surface area (Å²) in [6.07, 6.45) is 5.57. The number of nitrogens with zero attached hydrogens (tertiary/aromatic N) is 3. The van der Waals surface area contributed by atoms with Crippen LogP contribution in [0.25, 0.3) is 10.2 Å². The number of anilines is 2. The van der Waals surface area contributed by atoms with E-state index in [4.69, 9.17) is 4.74 Å². The van der Waals surface area contributed by atoms with Gasteiger partial charge >= 0.3 is 0 Å². The smallest absolute Gasteiger partial charge is 0.145 e. The maximum Gasteiger partial charge on any atom is 0.145 e. The number of hydrogen-bond acceptors (Lipinski definition) is 7. The summed E-state index contributed by atoms with van der Waals surface area (Å²) >= 11 is 1.77. The number of hydrogen-bond donors (Lipinski definition) is 2. The summed E-state index contributed by atoms with van der Waals surface area (Å²) in [4.78, 5) is 15.8. The first kappa shape index (κ1) is 19.0. The molecule has 4 heterocycles. The number of rotatable bonds is 4. The molecule has 5 rings (SSSR count). The van der Waals surface area contributed by atoms with Crippen molar-refractivity contribution in [1.29, 1.82) is 0 Å². The van der Waals surface area contributed by atoms with E-state index in [1.54, 1.807) is 23.9 Å². The van der Waals surface area contributed by atoms with Gasteiger partial charge in [0.05, 0.1) is 11.6 Å². The van der Waals surface area contributed by atoms with Crippen molar-refractivity contribution in [2.45, 2.75) is 33.2 Å². The van der Waals surface area contributed by atoms with Crippen LogP contribution in [0.1, 0.15) is 28.1 Å². The molecule has 7 heteroatoms. The highest BCUT2D eigenvalue weighted by atomic mass is 32.1. The van der Waals surface area contributed by atoms with Crippen LogP contribution in [0.15, 0.2) is 42.9 Å². The Morgan fingerprint density at radius 1 is 1.10 bits per heavy atom. The van der Waals surface area contributed by atoms with Crippen molar-refractivity contribution >= 4 is 33.1 Å². The monoisotopic (exact) mass is 417 g/mol. The number of aryl methyl sites for hydroxylation is 3. The highest BCUT2D eigenvalue weighted by molar-refractivity contribution is 7.18. The third-order valence-corrected chi connectivity index (χ3v) is 6.43. The molecule has 0 atom stereocenters. The van der Waals surface area contributed by atoms with Crippen molar-refractivity contribution in [1.82, 2.24) is 20.3 Å². The van der Waals surface area contributed by atoms with Gasteiger partial charge in [-0.05, 0) is 74.7 Å². The summed E-state index contributed by atoms with van der Waals surface area (Å²) in [6.45, 7) is 5.97. The topological polar surface area (TPSA) is 72.0 Å². The van der Waals surface area contributed by atoms with E-state index >= 15 is 0 Å². The van der Waals surface area contributed by atoms with Crippen molar-refractivity contribution in [2.24, 2.45) is 0 Å². The summed E-state index contributed by atoms with van der Waals surface area (Å²) in [5.41, 5.74) is 4.37. The molecule has 0 aliphatic carbocycles. The van der Waals surface area contributed by atoms with Crippen molar-refractivity contribution in [3.8, 4) is 11.5 Å². The number of ether oxygens (including phenoxy) is 1. The van der Waals surface area contributed by atoms with Crippen molar-refractivity contribution < 1.29 is 4.74 Å². The Morgan fingerprint density at radius 2 is 2.03 bits per heavy atom. The van der Waals surface area contributed by atoms with Gasteiger partial charge in [0.15, 0.2) is 0 Å². The molecule has 1 aliphatic heterocycles. The maximum atomic E-state index is 5.99. The number of nitrogens with one attached hydrogen (secondary N) is 2. The number of thiophene rings is 1. The minimum Gasteiger partial charge on any atom is -0.455 e. The first-order valence-electron chi connectivity index (χ1n) is 10.1. The van der Waals surface area contributed by atoms with Gasteiger partial charge in [0.2, 0.25) is 0 Å². The second-order valence-corrected chi connectivity index (χ2v) is 8.61. The van der Waals surface area contributed by atoms with Crippen LogP contribution in [0, 0.1) is 13.8 Å². The van der Waals surface area contributed by atoms with E-state index < -0.39 is 0 Å². The molecule has 1 aliphatic rings. The summed E-state index contributed by atoms with van der Waals surface area (Å²) in [6, 6.07) is 9.96. The van der Waals surface area contributed by atoms with Gasteiger partial charge in [-0.15, -0.1) is 11.3 Å². The van der Waals surface area contributed by atoms with Gasteiger partial charge in [0.1, 0.15) is 28.5 Å². The van der Waals surface area contributed by atoms with Crippen LogP contribution in [0.4, 0.5) is 11.5 Å². The SMILES string of the molecule is Cc1ccc(Oc2ccc(Nc3ncnc4sc5c(c34)CCCNC5)cc2C)cn1. The average molecular weight is 418 g/mol. The molecule has 3 aromatic heterocycles. The van der Waals surface area contributed by atoms with Crippen LogP contribution in [-0.4, -0.2) is 21.5 Å². The lowest BCUT2D eigenvalue weighted by molar-refractivity contribution is 0.476. The first-order chi connectivity index (χ1) is 14.7. The zero-order valence-electron chi connectivity index (χ0n) is 17.0. The van der Waals surface area contributed by atoms with Crippen LogP contribution in [-0.2, 0) is 13.0 Å². The molecule has 152 valence electrons. The normalized spacial score (nSPS) is 13.7. The fourth-order valence-electron chi connectivity index (χ4n) is 3.75. The highest BCUT2D eigenvalue weighted by Crippen LogP contribution is 2.37. The number of pyridine rings is 1. The summed E-state index contributed by atoms with van der Waals surface area (Å²) < 4.78 is 5.99. The van der Waals surface area contributed by atoms with Gasteiger partial charge in [-0.1, -0.05) is 0 Å². The fraction of sp³-hybridized carbons (Fsp3) is 0.261. The first-order valence-corrected chi connectivity index (χ1v) is 10.9. The standard InChI is InChI=1S/C23H23N5OS/c1-14-10-16(6-8-19(14)29-17-7-5-15(2)25-11-17)28-22-21-18-4-3-9-24-12-20(18)30-23(21)27-13-26-22/h5-8,10-11,13,24H,3-4,9,12H2,1-2H3,(H,26,27,28). The Hall–Kier alpha value is -3.03. The van der Waals surface area contributed by atoms with Gasteiger partial charge in [-0.3, -0.25) is 4.98 Å². The summed E-state index contributed by atoms with van der Waals surface area (Å²) in [5.74, 6) is 2.42. The van der Waals surface area contributed by atoms with Gasteiger partial charge in [-0.2, -0.15) is 0 Å². The Labute approximate surface area is 179 Å². The molecule has 0 radical (unpaired) electrons. The Kier molecular flexibility index (Phi) is 5.06. The van der Waals surface area contributed by atoms with E-state index in [0.717, 1.165) is 70.4 Å². The lowest BCUT2D eigenvalue weighted by atomic mass is 10.1. The molecular weight excluding hydrogens is 394 g/mol. The average Bonchev–Trinajstić information content (AvgIpc) is 2.94. The fourth-order valence-corrected chi connectivity index (χ4v) is 4.91. The van der Waals surface area contributed by atoms with Crippen LogP contribution in [0.5, 0.6) is 11.5 Å². The molecule has 6 nitrogen and oxygen atoms in total. The third-order valence-electron chi connectivity index (χ3n) is 5.29.